The van der Waals surface area contributed by atoms with E-state index in [0.29, 0.717) is 0 Å². The Labute approximate surface area is 324 Å². The lowest BCUT2D eigenvalue weighted by molar-refractivity contribution is 0.438. The fraction of sp³-hybridized carbons (Fsp3) is 0.0189. The van der Waals surface area contributed by atoms with Gasteiger partial charge in [0, 0.05) is 44.4 Å². The molecular formula is C53H33NO2. The first-order valence-corrected chi connectivity index (χ1v) is 19.2. The molecule has 56 heavy (non-hydrogen) atoms. The van der Waals surface area contributed by atoms with Crippen molar-refractivity contribution in [3.05, 3.63) is 222 Å². The highest BCUT2D eigenvalue weighted by molar-refractivity contribution is 6.09. The van der Waals surface area contributed by atoms with Crippen LogP contribution in [0.4, 0.5) is 17.1 Å². The molecule has 1 aliphatic carbocycles. The predicted octanol–water partition coefficient (Wildman–Crippen LogP) is 14.3. The van der Waals surface area contributed by atoms with Crippen LogP contribution >= 0.6 is 0 Å². The number of para-hydroxylation sites is 4. The van der Waals surface area contributed by atoms with E-state index in [1.807, 2.05) is 12.1 Å². The summed E-state index contributed by atoms with van der Waals surface area (Å²) < 4.78 is 13.2. The van der Waals surface area contributed by atoms with E-state index in [4.69, 9.17) is 9.15 Å². The molecule has 10 aromatic rings. The van der Waals surface area contributed by atoms with Gasteiger partial charge in [-0.25, -0.2) is 0 Å². The number of nitrogens with zero attached hydrogens (tertiary/aromatic N) is 1. The molecule has 12 rings (SSSR count). The predicted molar refractivity (Wildman–Crippen MR) is 229 cm³/mol. The molecule has 262 valence electrons. The molecule has 2 aliphatic rings. The summed E-state index contributed by atoms with van der Waals surface area (Å²) in [6.07, 6.45) is 0. The third-order valence-electron chi connectivity index (χ3n) is 11.9. The van der Waals surface area contributed by atoms with Crippen LogP contribution in [0.1, 0.15) is 22.3 Å². The molecule has 1 aromatic heterocycles. The van der Waals surface area contributed by atoms with Gasteiger partial charge in [-0.3, -0.25) is 0 Å². The second-order valence-electron chi connectivity index (χ2n) is 14.8. The van der Waals surface area contributed by atoms with Crippen LogP contribution in [0.15, 0.2) is 205 Å². The lowest BCUT2D eigenvalue weighted by Gasteiger charge is -2.40. The second-order valence-corrected chi connectivity index (χ2v) is 14.8. The lowest BCUT2D eigenvalue weighted by atomic mass is 9.65. The number of fused-ring (bicyclic) bond motifs is 14. The number of ether oxygens (including phenoxy) is 1. The highest BCUT2D eigenvalue weighted by Gasteiger charge is 2.52. The fourth-order valence-electron chi connectivity index (χ4n) is 9.67. The number of rotatable bonds is 4. The van der Waals surface area contributed by atoms with Crippen molar-refractivity contribution in [2.75, 3.05) is 4.90 Å². The Morgan fingerprint density at radius 1 is 0.411 bits per heavy atom. The molecule has 1 unspecified atom stereocenters. The van der Waals surface area contributed by atoms with Crippen molar-refractivity contribution in [3.8, 4) is 33.8 Å². The minimum absolute atomic E-state index is 0.607. The van der Waals surface area contributed by atoms with Crippen molar-refractivity contribution in [1.29, 1.82) is 0 Å². The van der Waals surface area contributed by atoms with Gasteiger partial charge in [-0.15, -0.1) is 0 Å². The molecule has 0 fully saturated rings. The average Bonchev–Trinajstić information content (AvgIpc) is 3.79. The van der Waals surface area contributed by atoms with Gasteiger partial charge in [-0.2, -0.15) is 0 Å². The van der Waals surface area contributed by atoms with Crippen molar-refractivity contribution in [1.82, 2.24) is 0 Å². The first-order chi connectivity index (χ1) is 27.8. The largest absolute Gasteiger partial charge is 0.457 e. The van der Waals surface area contributed by atoms with Gasteiger partial charge < -0.3 is 14.1 Å². The fourth-order valence-corrected chi connectivity index (χ4v) is 9.67. The van der Waals surface area contributed by atoms with Crippen LogP contribution in [-0.2, 0) is 5.41 Å². The summed E-state index contributed by atoms with van der Waals surface area (Å²) in [7, 11) is 0. The zero-order valence-corrected chi connectivity index (χ0v) is 30.3. The SMILES string of the molecule is c1ccc(N(c2ccc(-c3cccc4c3oc3ccccc34)cc2)c2cccc3c2-c2ccccc2C32c3ccccc3Oc3ccc4ccccc4c32)cc1. The molecule has 3 nitrogen and oxygen atoms in total. The van der Waals surface area contributed by atoms with Gasteiger partial charge in [-0.05, 0) is 81.6 Å². The molecule has 1 atom stereocenters. The van der Waals surface area contributed by atoms with Gasteiger partial charge in [0.2, 0.25) is 0 Å². The van der Waals surface area contributed by atoms with Crippen LogP contribution in [0.3, 0.4) is 0 Å². The number of furan rings is 1. The van der Waals surface area contributed by atoms with Crippen LogP contribution in [-0.4, -0.2) is 0 Å². The van der Waals surface area contributed by atoms with Crippen molar-refractivity contribution in [2.45, 2.75) is 5.41 Å². The van der Waals surface area contributed by atoms with Gasteiger partial charge in [0.25, 0.3) is 0 Å². The molecule has 0 saturated heterocycles. The van der Waals surface area contributed by atoms with E-state index in [-0.39, 0.29) is 0 Å². The van der Waals surface area contributed by atoms with E-state index in [1.165, 1.54) is 38.6 Å². The Balaban J connectivity index is 1.11. The van der Waals surface area contributed by atoms with Crippen molar-refractivity contribution < 1.29 is 9.15 Å². The monoisotopic (exact) mass is 715 g/mol. The van der Waals surface area contributed by atoms with Crippen molar-refractivity contribution >= 4 is 49.8 Å². The summed E-state index contributed by atoms with van der Waals surface area (Å²) in [6, 6.07) is 71.8. The van der Waals surface area contributed by atoms with E-state index in [9.17, 15) is 0 Å². The Kier molecular flexibility index (Phi) is 6.55. The Bertz CT molecular complexity index is 3180. The Morgan fingerprint density at radius 3 is 1.96 bits per heavy atom. The zero-order valence-electron chi connectivity index (χ0n) is 30.3. The van der Waals surface area contributed by atoms with Gasteiger partial charge in [0.15, 0.2) is 0 Å². The van der Waals surface area contributed by atoms with Crippen LogP contribution in [0, 0.1) is 0 Å². The summed E-state index contributed by atoms with van der Waals surface area (Å²) in [6.45, 7) is 0. The minimum atomic E-state index is -0.607. The minimum Gasteiger partial charge on any atom is -0.457 e. The van der Waals surface area contributed by atoms with Crippen molar-refractivity contribution in [3.63, 3.8) is 0 Å². The number of hydrogen-bond donors (Lipinski definition) is 0. The van der Waals surface area contributed by atoms with Crippen LogP contribution in [0.5, 0.6) is 11.5 Å². The summed E-state index contributed by atoms with van der Waals surface area (Å²) in [5.41, 5.74) is 14.0. The smallest absolute Gasteiger partial charge is 0.143 e. The van der Waals surface area contributed by atoms with E-state index in [1.54, 1.807) is 0 Å². The quantitative estimate of drug-likeness (QED) is 0.181. The molecular weight excluding hydrogens is 683 g/mol. The van der Waals surface area contributed by atoms with Crippen LogP contribution in [0.25, 0.3) is 55.0 Å². The third-order valence-corrected chi connectivity index (χ3v) is 11.9. The lowest BCUT2D eigenvalue weighted by Crippen LogP contribution is -2.32. The summed E-state index contributed by atoms with van der Waals surface area (Å²) in [5.74, 6) is 1.78. The molecule has 0 radical (unpaired) electrons. The average molecular weight is 716 g/mol. The topological polar surface area (TPSA) is 25.6 Å². The molecule has 0 saturated carbocycles. The number of hydrogen-bond acceptors (Lipinski definition) is 3. The zero-order chi connectivity index (χ0) is 36.8. The summed E-state index contributed by atoms with van der Waals surface area (Å²) >= 11 is 0. The Morgan fingerprint density at radius 2 is 1.07 bits per heavy atom. The van der Waals surface area contributed by atoms with Crippen molar-refractivity contribution in [2.24, 2.45) is 0 Å². The number of anilines is 3. The standard InChI is InChI=1S/C53H33NO2/c1-2-15-36(16-3-1)54(37-31-28-35(29-32-37)39-20-12-21-41-40-18-7-10-26-47(40)56-52(39)41)46-25-13-24-45-50(46)42-19-6-8-22-43(42)53(45)44-23-9-11-27-48(44)55-49-33-30-34-14-4-5-17-38(34)51(49)53/h1-33H. The van der Waals surface area contributed by atoms with E-state index in [2.05, 4.69) is 193 Å². The normalized spacial score (nSPS) is 15.0. The molecule has 9 aromatic carbocycles. The van der Waals surface area contributed by atoms with Gasteiger partial charge in [-0.1, -0.05) is 152 Å². The van der Waals surface area contributed by atoms with Crippen LogP contribution < -0.4 is 9.64 Å². The van der Waals surface area contributed by atoms with E-state index < -0.39 is 5.41 Å². The highest BCUT2D eigenvalue weighted by atomic mass is 16.5. The maximum atomic E-state index is 6.79. The van der Waals surface area contributed by atoms with Gasteiger partial charge in [0.05, 0.1) is 11.1 Å². The number of benzene rings is 9. The molecule has 3 heteroatoms. The second kappa shape index (κ2) is 11.8. The molecule has 1 aliphatic heterocycles. The van der Waals surface area contributed by atoms with E-state index >= 15 is 0 Å². The molecule has 0 bridgehead atoms. The Hall–Kier alpha value is -7.36. The third kappa shape index (κ3) is 4.22. The first kappa shape index (κ1) is 31.0. The van der Waals surface area contributed by atoms with Crippen LogP contribution in [0.2, 0.25) is 0 Å². The highest BCUT2D eigenvalue weighted by Crippen LogP contribution is 2.65. The molecule has 0 amide bonds. The van der Waals surface area contributed by atoms with Gasteiger partial charge in [0.1, 0.15) is 22.7 Å². The maximum absolute atomic E-state index is 6.79. The summed E-state index contributed by atoms with van der Waals surface area (Å²) in [5, 5.41) is 4.65. The summed E-state index contributed by atoms with van der Waals surface area (Å²) in [4.78, 5) is 2.41. The van der Waals surface area contributed by atoms with E-state index in [0.717, 1.165) is 67.2 Å². The first-order valence-electron chi connectivity index (χ1n) is 19.2. The maximum Gasteiger partial charge on any atom is 0.143 e. The van der Waals surface area contributed by atoms with Gasteiger partial charge >= 0.3 is 0 Å². The molecule has 1 spiro atoms. The molecule has 0 N–H and O–H groups in total. The molecule has 2 heterocycles.